The molecule has 0 bridgehead atoms. The smallest absolute Gasteiger partial charge is 0.347 e. The molecule has 27 heavy (non-hydrogen) atoms. The molecule has 0 fully saturated rings. The van der Waals surface area contributed by atoms with Crippen LogP contribution in [0.2, 0.25) is 10.0 Å². The Morgan fingerprint density at radius 2 is 1.85 bits per heavy atom. The van der Waals surface area contributed by atoms with E-state index in [9.17, 15) is 9.59 Å². The molecule has 7 heteroatoms. The van der Waals surface area contributed by atoms with Crippen LogP contribution in [0.1, 0.15) is 18.1 Å². The van der Waals surface area contributed by atoms with E-state index in [0.29, 0.717) is 17.3 Å². The van der Waals surface area contributed by atoms with Gasteiger partial charge in [-0.05, 0) is 43.2 Å². The first-order valence-electron chi connectivity index (χ1n) is 8.34. The monoisotopic (exact) mass is 409 g/mol. The summed E-state index contributed by atoms with van der Waals surface area (Å²) in [5, 5.41) is 0.751. The van der Waals surface area contributed by atoms with Gasteiger partial charge in [0.2, 0.25) is 0 Å². The van der Waals surface area contributed by atoms with Crippen LogP contribution in [0.15, 0.2) is 42.5 Å². The van der Waals surface area contributed by atoms with Crippen LogP contribution >= 0.6 is 23.2 Å². The van der Waals surface area contributed by atoms with Crippen molar-refractivity contribution < 1.29 is 19.1 Å². The first-order chi connectivity index (χ1) is 12.8. The maximum absolute atomic E-state index is 12.2. The number of nitrogens with zero attached hydrogens (tertiary/aromatic N) is 1. The summed E-state index contributed by atoms with van der Waals surface area (Å²) < 4.78 is 10.5. The molecule has 0 aromatic heterocycles. The molecule has 0 unspecified atom stereocenters. The number of carbonyl (C=O) groups is 2. The third kappa shape index (κ3) is 6.15. The van der Waals surface area contributed by atoms with Gasteiger partial charge in [0.1, 0.15) is 5.75 Å². The fourth-order valence-corrected chi connectivity index (χ4v) is 2.75. The third-order valence-electron chi connectivity index (χ3n) is 3.96. The highest BCUT2D eigenvalue weighted by molar-refractivity contribution is 6.35. The van der Waals surface area contributed by atoms with Crippen LogP contribution in [0, 0.1) is 6.92 Å². The summed E-state index contributed by atoms with van der Waals surface area (Å²) in [6, 6.07) is 12.5. The van der Waals surface area contributed by atoms with Gasteiger partial charge >= 0.3 is 5.97 Å². The minimum Gasteiger partial charge on any atom is -0.477 e. The van der Waals surface area contributed by atoms with Gasteiger partial charge in [0.25, 0.3) is 5.91 Å². The average Bonchev–Trinajstić information content (AvgIpc) is 2.63. The molecule has 2 aromatic rings. The van der Waals surface area contributed by atoms with Gasteiger partial charge in [-0.1, -0.05) is 47.5 Å². The van der Waals surface area contributed by atoms with Crippen molar-refractivity contribution in [1.29, 1.82) is 0 Å². The number of rotatable bonds is 7. The lowest BCUT2D eigenvalue weighted by Gasteiger charge is -2.19. The standard InChI is InChI=1S/C20H21Cl2NO4/c1-13-6-4-5-7-15(13)11-23(3)19(24)12-26-20(25)14(2)27-18-9-8-16(21)10-17(18)22/h4-10,14H,11-12H2,1-3H3/t14-/m0/s1. The lowest BCUT2D eigenvalue weighted by Crippen LogP contribution is -2.34. The molecule has 0 aliphatic carbocycles. The quantitative estimate of drug-likeness (QED) is 0.640. The molecule has 0 spiro atoms. The third-order valence-corrected chi connectivity index (χ3v) is 4.49. The fraction of sp³-hybridized carbons (Fsp3) is 0.300. The highest BCUT2D eigenvalue weighted by atomic mass is 35.5. The zero-order valence-electron chi connectivity index (χ0n) is 15.4. The van der Waals surface area contributed by atoms with Gasteiger partial charge in [-0.2, -0.15) is 0 Å². The normalized spacial score (nSPS) is 11.6. The predicted molar refractivity (Wildman–Crippen MR) is 105 cm³/mol. The van der Waals surface area contributed by atoms with Gasteiger partial charge in [0, 0.05) is 18.6 Å². The summed E-state index contributed by atoms with van der Waals surface area (Å²) in [5.41, 5.74) is 2.13. The van der Waals surface area contributed by atoms with E-state index in [4.69, 9.17) is 32.7 Å². The van der Waals surface area contributed by atoms with Gasteiger partial charge < -0.3 is 14.4 Å². The molecule has 0 aliphatic heterocycles. The first kappa shape index (κ1) is 21.1. The summed E-state index contributed by atoms with van der Waals surface area (Å²) in [6.07, 6.45) is -0.918. The van der Waals surface area contributed by atoms with Gasteiger partial charge in [0.15, 0.2) is 12.7 Å². The average molecular weight is 410 g/mol. The van der Waals surface area contributed by atoms with Crippen molar-refractivity contribution in [3.63, 3.8) is 0 Å². The van der Waals surface area contributed by atoms with E-state index >= 15 is 0 Å². The Labute approximate surface area is 168 Å². The van der Waals surface area contributed by atoms with Crippen molar-refractivity contribution in [1.82, 2.24) is 4.90 Å². The molecule has 1 amide bonds. The van der Waals surface area contributed by atoms with Gasteiger partial charge in [-0.15, -0.1) is 0 Å². The van der Waals surface area contributed by atoms with E-state index in [1.807, 2.05) is 31.2 Å². The number of hydrogen-bond acceptors (Lipinski definition) is 4. The number of esters is 1. The SMILES string of the molecule is Cc1ccccc1CN(C)C(=O)COC(=O)[C@H](C)Oc1ccc(Cl)cc1Cl. The zero-order chi connectivity index (χ0) is 20.0. The molecule has 144 valence electrons. The van der Waals surface area contributed by atoms with Crippen LogP contribution in [0.25, 0.3) is 0 Å². The van der Waals surface area contributed by atoms with Crippen molar-refractivity contribution in [2.24, 2.45) is 0 Å². The number of halogens is 2. The number of carbonyl (C=O) groups excluding carboxylic acids is 2. The molecular weight excluding hydrogens is 389 g/mol. The van der Waals surface area contributed by atoms with E-state index in [1.54, 1.807) is 19.2 Å². The van der Waals surface area contributed by atoms with Crippen LogP contribution < -0.4 is 4.74 Å². The Morgan fingerprint density at radius 1 is 1.15 bits per heavy atom. The van der Waals surface area contributed by atoms with E-state index in [-0.39, 0.29) is 17.5 Å². The molecule has 1 atom stereocenters. The van der Waals surface area contributed by atoms with E-state index in [2.05, 4.69) is 0 Å². The topological polar surface area (TPSA) is 55.8 Å². The summed E-state index contributed by atoms with van der Waals surface area (Å²) in [7, 11) is 1.66. The second kappa shape index (κ2) is 9.62. The van der Waals surface area contributed by atoms with Crippen LogP contribution in [-0.4, -0.2) is 36.5 Å². The van der Waals surface area contributed by atoms with E-state index in [1.165, 1.54) is 17.9 Å². The number of likely N-dealkylation sites (N-methyl/N-ethyl adjacent to an activating group) is 1. The minimum atomic E-state index is -0.918. The maximum atomic E-state index is 12.2. The number of ether oxygens (including phenoxy) is 2. The molecule has 0 saturated carbocycles. The highest BCUT2D eigenvalue weighted by Crippen LogP contribution is 2.28. The van der Waals surface area contributed by atoms with Crippen molar-refractivity contribution in [2.45, 2.75) is 26.5 Å². The Bertz CT molecular complexity index is 825. The number of hydrogen-bond donors (Lipinski definition) is 0. The minimum absolute atomic E-state index is 0.288. The van der Waals surface area contributed by atoms with Crippen molar-refractivity contribution >= 4 is 35.1 Å². The van der Waals surface area contributed by atoms with Gasteiger partial charge in [0.05, 0.1) is 5.02 Å². The first-order valence-corrected chi connectivity index (χ1v) is 9.10. The number of benzene rings is 2. The van der Waals surface area contributed by atoms with Crippen LogP contribution in [0.3, 0.4) is 0 Å². The summed E-state index contributed by atoms with van der Waals surface area (Å²) in [4.78, 5) is 25.8. The maximum Gasteiger partial charge on any atom is 0.347 e. The molecule has 0 aliphatic rings. The summed E-state index contributed by atoms with van der Waals surface area (Å²) in [5.74, 6) is -0.643. The highest BCUT2D eigenvalue weighted by Gasteiger charge is 2.20. The van der Waals surface area contributed by atoms with Gasteiger partial charge in [-0.25, -0.2) is 4.79 Å². The molecule has 0 saturated heterocycles. The predicted octanol–water partition coefficient (Wildman–Crippen LogP) is 4.27. The number of aryl methyl sites for hydroxylation is 1. The molecule has 2 rings (SSSR count). The van der Waals surface area contributed by atoms with E-state index < -0.39 is 12.1 Å². The largest absolute Gasteiger partial charge is 0.477 e. The Hall–Kier alpha value is -2.24. The van der Waals surface area contributed by atoms with Crippen molar-refractivity contribution in [2.75, 3.05) is 13.7 Å². The second-order valence-corrected chi connectivity index (χ2v) is 6.96. The van der Waals surface area contributed by atoms with Gasteiger partial charge in [-0.3, -0.25) is 4.79 Å². The molecule has 0 N–H and O–H groups in total. The Morgan fingerprint density at radius 3 is 2.52 bits per heavy atom. The molecule has 2 aromatic carbocycles. The Kier molecular flexibility index (Phi) is 7.51. The molecular formula is C20H21Cl2NO4. The Balaban J connectivity index is 1.84. The van der Waals surface area contributed by atoms with Crippen molar-refractivity contribution in [3.8, 4) is 5.75 Å². The lowest BCUT2D eigenvalue weighted by molar-refractivity contribution is -0.157. The zero-order valence-corrected chi connectivity index (χ0v) is 16.9. The lowest BCUT2D eigenvalue weighted by atomic mass is 10.1. The van der Waals surface area contributed by atoms with Crippen LogP contribution in [-0.2, 0) is 20.9 Å². The molecule has 0 heterocycles. The number of amides is 1. The van der Waals surface area contributed by atoms with Crippen LogP contribution in [0.4, 0.5) is 0 Å². The van der Waals surface area contributed by atoms with E-state index in [0.717, 1.165) is 11.1 Å². The van der Waals surface area contributed by atoms with Crippen LogP contribution in [0.5, 0.6) is 5.75 Å². The summed E-state index contributed by atoms with van der Waals surface area (Å²) in [6.45, 7) is 3.59. The second-order valence-electron chi connectivity index (χ2n) is 6.12. The molecule has 5 nitrogen and oxygen atoms in total. The van der Waals surface area contributed by atoms with Crippen molar-refractivity contribution in [3.05, 3.63) is 63.6 Å². The molecule has 0 radical (unpaired) electrons. The fourth-order valence-electron chi connectivity index (χ4n) is 2.30. The summed E-state index contributed by atoms with van der Waals surface area (Å²) >= 11 is 11.8.